The fourth-order valence-corrected chi connectivity index (χ4v) is 3.64. The van der Waals surface area contributed by atoms with Gasteiger partial charge in [-0.2, -0.15) is 5.10 Å². The molecule has 1 aromatic carbocycles. The molecule has 4 rings (SSSR count). The maximum absolute atomic E-state index is 11.8. The van der Waals surface area contributed by atoms with E-state index in [1.807, 2.05) is 17.8 Å². The van der Waals surface area contributed by atoms with E-state index in [0.717, 1.165) is 61.6 Å². The number of benzene rings is 1. The van der Waals surface area contributed by atoms with Gasteiger partial charge in [-0.15, -0.1) is 0 Å². The van der Waals surface area contributed by atoms with Crippen molar-refractivity contribution in [2.24, 2.45) is 0 Å². The van der Waals surface area contributed by atoms with Gasteiger partial charge in [0.05, 0.1) is 26.0 Å². The second kappa shape index (κ2) is 7.66. The molecule has 2 fully saturated rings. The topological polar surface area (TPSA) is 56.6 Å². The number of aromatic nitrogens is 2. The normalized spacial score (nSPS) is 20.9. The summed E-state index contributed by atoms with van der Waals surface area (Å²) < 4.78 is 12.9. The van der Waals surface area contributed by atoms with E-state index < -0.39 is 0 Å². The number of ether oxygens (including phenoxy) is 2. The summed E-state index contributed by atoms with van der Waals surface area (Å²) >= 11 is 0. The first kappa shape index (κ1) is 17.9. The van der Waals surface area contributed by atoms with Crippen LogP contribution in [0.4, 0.5) is 0 Å². The first-order valence-corrected chi connectivity index (χ1v) is 9.42. The molecule has 2 aliphatic heterocycles. The van der Waals surface area contributed by atoms with Crippen molar-refractivity contribution >= 4 is 5.97 Å². The van der Waals surface area contributed by atoms with Crippen LogP contribution in [0.3, 0.4) is 0 Å². The first-order chi connectivity index (χ1) is 13.1. The zero-order valence-corrected chi connectivity index (χ0v) is 15.7. The molecule has 3 heterocycles. The lowest BCUT2D eigenvalue weighted by Crippen LogP contribution is -2.38. The second-order valence-electron chi connectivity index (χ2n) is 7.24. The van der Waals surface area contributed by atoms with Crippen molar-refractivity contribution in [3.63, 3.8) is 0 Å². The Hall–Kier alpha value is -2.44. The monoisotopic (exact) mass is 367 g/mol. The van der Waals surface area contributed by atoms with Crippen LogP contribution in [0, 0.1) is 6.92 Å². The number of nitrogens with zero attached hydrogens (tertiary/aromatic N) is 3. The summed E-state index contributed by atoms with van der Waals surface area (Å²) in [6.45, 7) is 11.2. The predicted molar refractivity (Wildman–Crippen MR) is 102 cm³/mol. The maximum Gasteiger partial charge on any atom is 0.334 e. The van der Waals surface area contributed by atoms with E-state index in [4.69, 9.17) is 9.47 Å². The van der Waals surface area contributed by atoms with E-state index in [1.54, 1.807) is 0 Å². The van der Waals surface area contributed by atoms with Crippen molar-refractivity contribution in [3.8, 4) is 11.1 Å². The minimum Gasteiger partial charge on any atom is -0.454 e. The highest BCUT2D eigenvalue weighted by Crippen LogP contribution is 2.38. The average Bonchev–Trinajstić information content (AvgIpc) is 3.28. The van der Waals surface area contributed by atoms with E-state index in [9.17, 15) is 4.79 Å². The molecule has 1 unspecified atom stereocenters. The highest BCUT2D eigenvalue weighted by molar-refractivity contribution is 5.90. The molecule has 1 atom stereocenters. The van der Waals surface area contributed by atoms with E-state index in [-0.39, 0.29) is 12.1 Å². The van der Waals surface area contributed by atoms with Gasteiger partial charge in [0.1, 0.15) is 6.10 Å². The maximum atomic E-state index is 11.8. The largest absolute Gasteiger partial charge is 0.454 e. The van der Waals surface area contributed by atoms with E-state index >= 15 is 0 Å². The zero-order valence-electron chi connectivity index (χ0n) is 15.7. The molecular formula is C21H25N3O3. The quantitative estimate of drug-likeness (QED) is 0.601. The number of hydrogen-bond acceptors (Lipinski definition) is 5. The molecule has 142 valence electrons. The number of esters is 1. The number of cyclic esters (lactones) is 1. The Bertz CT molecular complexity index is 836. The number of carbonyl (C=O) groups is 1. The lowest BCUT2D eigenvalue weighted by Gasteiger charge is -2.26. The van der Waals surface area contributed by atoms with Gasteiger partial charge in [-0.25, -0.2) is 4.79 Å². The molecule has 6 heteroatoms. The van der Waals surface area contributed by atoms with Gasteiger partial charge in [0, 0.05) is 49.0 Å². The summed E-state index contributed by atoms with van der Waals surface area (Å²) in [5.41, 5.74) is 4.80. The molecule has 0 saturated carbocycles. The van der Waals surface area contributed by atoms with Gasteiger partial charge in [0.25, 0.3) is 0 Å². The summed E-state index contributed by atoms with van der Waals surface area (Å²) in [6, 6.07) is 6.26. The fourth-order valence-electron chi connectivity index (χ4n) is 3.64. The average molecular weight is 367 g/mol. The minimum atomic E-state index is -0.298. The molecule has 0 aliphatic carbocycles. The lowest BCUT2D eigenvalue weighted by molar-refractivity contribution is -0.139. The molecule has 6 nitrogen and oxygen atoms in total. The van der Waals surface area contributed by atoms with E-state index in [0.29, 0.717) is 12.0 Å². The molecule has 27 heavy (non-hydrogen) atoms. The Morgan fingerprint density at radius 3 is 2.81 bits per heavy atom. The van der Waals surface area contributed by atoms with Crippen molar-refractivity contribution in [1.82, 2.24) is 14.7 Å². The lowest BCUT2D eigenvalue weighted by atomic mass is 9.94. The van der Waals surface area contributed by atoms with Crippen molar-refractivity contribution in [1.29, 1.82) is 0 Å². The summed E-state index contributed by atoms with van der Waals surface area (Å²) in [5.74, 6) is -0.298. The molecule has 0 bridgehead atoms. The van der Waals surface area contributed by atoms with Gasteiger partial charge in [0.15, 0.2) is 0 Å². The van der Waals surface area contributed by atoms with Gasteiger partial charge in [-0.05, 0) is 12.5 Å². The van der Waals surface area contributed by atoms with Crippen LogP contribution in [0.15, 0.2) is 42.7 Å². The Labute approximate surface area is 159 Å². The van der Waals surface area contributed by atoms with E-state index in [1.165, 1.54) is 0 Å². The highest BCUT2D eigenvalue weighted by Gasteiger charge is 2.30. The molecule has 2 aromatic rings. The van der Waals surface area contributed by atoms with Crippen molar-refractivity contribution in [2.75, 3.05) is 32.8 Å². The van der Waals surface area contributed by atoms with Crippen LogP contribution in [0.1, 0.15) is 23.7 Å². The Morgan fingerprint density at radius 2 is 2.07 bits per heavy atom. The first-order valence-electron chi connectivity index (χ1n) is 9.42. The van der Waals surface area contributed by atoms with Crippen LogP contribution < -0.4 is 0 Å². The van der Waals surface area contributed by atoms with Crippen LogP contribution in [-0.4, -0.2) is 53.5 Å². The SMILES string of the molecule is C=C1CC(c2cc(C)ccc2-c2cnn(CCN3CCOCC3)c2)OC1=O. The molecule has 0 spiro atoms. The molecule has 1 aromatic heterocycles. The second-order valence-corrected chi connectivity index (χ2v) is 7.24. The summed E-state index contributed by atoms with van der Waals surface area (Å²) in [7, 11) is 0. The van der Waals surface area contributed by atoms with Crippen LogP contribution in [0.2, 0.25) is 0 Å². The van der Waals surface area contributed by atoms with Crippen molar-refractivity contribution in [3.05, 3.63) is 53.9 Å². The number of carbonyl (C=O) groups excluding carboxylic acids is 1. The number of morpholine rings is 1. The van der Waals surface area contributed by atoms with Crippen LogP contribution in [0.25, 0.3) is 11.1 Å². The van der Waals surface area contributed by atoms with Gasteiger partial charge in [-0.3, -0.25) is 9.58 Å². The molecule has 0 N–H and O–H groups in total. The molecule has 0 radical (unpaired) electrons. The van der Waals surface area contributed by atoms with Crippen molar-refractivity contribution < 1.29 is 14.3 Å². The van der Waals surface area contributed by atoms with Crippen molar-refractivity contribution in [2.45, 2.75) is 26.0 Å². The number of rotatable bonds is 5. The van der Waals surface area contributed by atoms with Crippen LogP contribution >= 0.6 is 0 Å². The minimum absolute atomic E-state index is 0.267. The molecule has 2 saturated heterocycles. The standard InChI is InChI=1S/C21H25N3O3/c1-15-3-4-18(19(11-15)20-12-16(2)21(25)27-20)17-13-22-24(14-17)6-5-23-7-9-26-10-8-23/h3-4,11,13-14,20H,2,5-10,12H2,1H3. The summed E-state index contributed by atoms with van der Waals surface area (Å²) in [6.07, 6.45) is 4.23. The van der Waals surface area contributed by atoms with Crippen LogP contribution in [0.5, 0.6) is 0 Å². The number of aryl methyl sites for hydroxylation is 1. The summed E-state index contributed by atoms with van der Waals surface area (Å²) in [5, 5.41) is 4.53. The van der Waals surface area contributed by atoms with Gasteiger partial charge in [0.2, 0.25) is 0 Å². The predicted octanol–water partition coefficient (Wildman–Crippen LogP) is 2.73. The third-order valence-corrected chi connectivity index (χ3v) is 5.22. The smallest absolute Gasteiger partial charge is 0.334 e. The van der Waals surface area contributed by atoms with Gasteiger partial charge in [-0.1, -0.05) is 30.3 Å². The molecule has 2 aliphatic rings. The highest BCUT2D eigenvalue weighted by atomic mass is 16.5. The Morgan fingerprint density at radius 1 is 1.26 bits per heavy atom. The Kier molecular flexibility index (Phi) is 5.09. The fraction of sp³-hybridized carbons (Fsp3) is 0.429. The van der Waals surface area contributed by atoms with Gasteiger partial charge < -0.3 is 9.47 Å². The zero-order chi connectivity index (χ0) is 18.8. The molecule has 0 amide bonds. The Balaban J connectivity index is 1.52. The number of hydrogen-bond donors (Lipinski definition) is 0. The van der Waals surface area contributed by atoms with Crippen LogP contribution in [-0.2, 0) is 20.8 Å². The van der Waals surface area contributed by atoms with E-state index in [2.05, 4.69) is 41.0 Å². The third-order valence-electron chi connectivity index (χ3n) is 5.22. The summed E-state index contributed by atoms with van der Waals surface area (Å²) in [4.78, 5) is 14.2. The van der Waals surface area contributed by atoms with Gasteiger partial charge >= 0.3 is 5.97 Å². The molecular weight excluding hydrogens is 342 g/mol. The third kappa shape index (κ3) is 3.96.